The number of nitrogens with two attached hydrogens (primary N) is 2. The largest absolute Gasteiger partial charge is 1.00 e. The van der Waals surface area contributed by atoms with Gasteiger partial charge in [-0.3, -0.25) is 14.4 Å². The van der Waals surface area contributed by atoms with Crippen molar-refractivity contribution in [2.45, 2.75) is 57.4 Å². The maximum Gasteiger partial charge on any atom is 0.274 e. The lowest BCUT2D eigenvalue weighted by atomic mass is 9.99. The number of piperidine rings is 1. The Hall–Kier alpha value is -4.41. The summed E-state index contributed by atoms with van der Waals surface area (Å²) in [6.07, 6.45) is 6.98. The monoisotopic (exact) mass is 860 g/mol. The minimum Gasteiger partial charge on any atom is -1.00 e. The van der Waals surface area contributed by atoms with Gasteiger partial charge in [0.1, 0.15) is 11.5 Å². The van der Waals surface area contributed by atoms with Gasteiger partial charge in [-0.1, -0.05) is 35.9 Å². The normalized spacial score (nSPS) is 14.5. The van der Waals surface area contributed by atoms with Gasteiger partial charge in [0.2, 0.25) is 0 Å². The Balaban J connectivity index is 0.00000930. The number of carbonyl (C=O) groups is 3. The Morgan fingerprint density at radius 1 is 0.780 bits per heavy atom. The molecular formula is C42H62Cl2N8O7. The van der Waals surface area contributed by atoms with Crippen molar-refractivity contribution in [3.05, 3.63) is 70.5 Å². The standard InChI is InChI=1S/C42H61ClN8O7.ClH/c1-49(21-8-26-55-3)36(52)29-57-34-17-13-31(14-18-34)10-5-23-51(25-7-12-33(28-51)46-42(54)38-40(44)48-41(45)39(43)47-38)24-6-11-32-15-19-35(20-16-32)58-30-37(53)50(2)22-9-27-56-4;/h13-20,33H,5-12,21-30H2,1-4H3,(H4-,44,45,46,48,54);1H/t33-;/m0./s1. The van der Waals surface area contributed by atoms with Crippen LogP contribution in [-0.4, -0.2) is 142 Å². The van der Waals surface area contributed by atoms with Gasteiger partial charge in [0.05, 0.1) is 32.2 Å². The third-order valence-corrected chi connectivity index (χ3v) is 10.8. The zero-order valence-corrected chi connectivity index (χ0v) is 36.4. The average Bonchev–Trinajstić information content (AvgIpc) is 3.21. The first-order valence-electron chi connectivity index (χ1n) is 20.1. The number of anilines is 2. The summed E-state index contributed by atoms with van der Waals surface area (Å²) in [5, 5.41) is 3.10. The molecule has 3 amide bonds. The van der Waals surface area contributed by atoms with Crippen LogP contribution < -0.4 is 38.7 Å². The van der Waals surface area contributed by atoms with Gasteiger partial charge in [-0.05, 0) is 73.9 Å². The lowest BCUT2D eigenvalue weighted by molar-refractivity contribution is -0.933. The van der Waals surface area contributed by atoms with Crippen LogP contribution in [0.4, 0.5) is 11.6 Å². The fourth-order valence-electron chi connectivity index (χ4n) is 7.22. The number of ether oxygens (including phenoxy) is 4. The molecule has 59 heavy (non-hydrogen) atoms. The molecule has 0 bridgehead atoms. The molecule has 1 atom stereocenters. The number of amides is 3. The van der Waals surface area contributed by atoms with E-state index in [0.29, 0.717) is 37.8 Å². The van der Waals surface area contributed by atoms with Crippen molar-refractivity contribution in [1.82, 2.24) is 25.1 Å². The van der Waals surface area contributed by atoms with E-state index in [9.17, 15) is 14.4 Å². The number of hydrogen-bond acceptors (Lipinski definition) is 11. The highest BCUT2D eigenvalue weighted by molar-refractivity contribution is 6.31. The molecule has 0 saturated carbocycles. The van der Waals surface area contributed by atoms with Gasteiger partial charge in [-0.25, -0.2) is 9.97 Å². The minimum atomic E-state index is -0.416. The number of rotatable bonds is 24. The van der Waals surface area contributed by atoms with E-state index < -0.39 is 5.91 Å². The number of nitrogens with zero attached hydrogens (tertiary/aromatic N) is 5. The Bertz CT molecular complexity index is 1670. The predicted octanol–water partition coefficient (Wildman–Crippen LogP) is 1.02. The molecule has 5 N–H and O–H groups in total. The number of halogens is 2. The van der Waals surface area contributed by atoms with Crippen LogP contribution in [0, 0.1) is 0 Å². The van der Waals surface area contributed by atoms with Gasteiger partial charge in [0.15, 0.2) is 35.7 Å². The molecule has 15 nitrogen and oxygen atoms in total. The number of aromatic nitrogens is 2. The van der Waals surface area contributed by atoms with Gasteiger partial charge in [-0.15, -0.1) is 0 Å². The molecule has 3 aromatic rings. The van der Waals surface area contributed by atoms with Crippen LogP contribution in [0.15, 0.2) is 48.5 Å². The highest BCUT2D eigenvalue weighted by Gasteiger charge is 2.35. The first kappa shape index (κ1) is 49.0. The Kier molecular flexibility index (Phi) is 21.0. The van der Waals surface area contributed by atoms with Crippen molar-refractivity contribution < 1.29 is 50.2 Å². The molecular weight excluding hydrogens is 799 g/mol. The number of nitrogen functional groups attached to an aromatic ring is 2. The summed E-state index contributed by atoms with van der Waals surface area (Å²) in [5.41, 5.74) is 14.1. The smallest absolute Gasteiger partial charge is 0.274 e. The fraction of sp³-hybridized carbons (Fsp3) is 0.548. The van der Waals surface area contributed by atoms with Gasteiger partial charge >= 0.3 is 0 Å². The summed E-state index contributed by atoms with van der Waals surface area (Å²) in [7, 11) is 6.83. The summed E-state index contributed by atoms with van der Waals surface area (Å²) in [4.78, 5) is 49.6. The second-order valence-corrected chi connectivity index (χ2v) is 15.4. The predicted molar refractivity (Wildman–Crippen MR) is 225 cm³/mol. The van der Waals surface area contributed by atoms with Crippen molar-refractivity contribution in [2.24, 2.45) is 0 Å². The SMILES string of the molecule is COCCCN(C)C(=O)COc1ccc(CCC[N+]2(CCCc3ccc(OCC(=O)N(C)CCCOC)cc3)CCC[C@H](NC(=O)c3nc(Cl)c(N)nc3N)C2)cc1.[Cl-]. The van der Waals surface area contributed by atoms with Crippen molar-refractivity contribution in [3.8, 4) is 11.5 Å². The van der Waals surface area contributed by atoms with Crippen molar-refractivity contribution in [2.75, 3.05) is 105 Å². The van der Waals surface area contributed by atoms with Gasteiger partial charge in [0, 0.05) is 67.5 Å². The molecule has 1 aliphatic heterocycles. The second-order valence-electron chi connectivity index (χ2n) is 15.0. The molecule has 4 rings (SSSR count). The van der Waals surface area contributed by atoms with Crippen LogP contribution in [0.1, 0.15) is 60.1 Å². The van der Waals surface area contributed by atoms with E-state index in [0.717, 1.165) is 82.0 Å². The molecule has 326 valence electrons. The number of hydrogen-bond donors (Lipinski definition) is 3. The average molecular weight is 862 g/mol. The van der Waals surface area contributed by atoms with Crippen molar-refractivity contribution >= 4 is 41.0 Å². The first-order chi connectivity index (χ1) is 27.9. The first-order valence-corrected chi connectivity index (χ1v) is 20.4. The summed E-state index contributed by atoms with van der Waals surface area (Å²) in [5.74, 6) is 0.661. The van der Waals surface area contributed by atoms with Crippen LogP contribution in [0.3, 0.4) is 0 Å². The lowest BCUT2D eigenvalue weighted by Gasteiger charge is -2.45. The number of benzene rings is 2. The van der Waals surface area contributed by atoms with Gasteiger partial charge in [-0.2, -0.15) is 0 Å². The maximum atomic E-state index is 13.3. The van der Waals surface area contributed by atoms with Crippen LogP contribution >= 0.6 is 11.6 Å². The highest BCUT2D eigenvalue weighted by atomic mass is 35.5. The number of likely N-dealkylation sites (N-methyl/N-ethyl adjacent to an activating group) is 2. The Morgan fingerprint density at radius 2 is 1.27 bits per heavy atom. The highest BCUT2D eigenvalue weighted by Crippen LogP contribution is 2.25. The summed E-state index contributed by atoms with van der Waals surface area (Å²) < 4.78 is 22.6. The number of quaternary nitrogens is 1. The maximum absolute atomic E-state index is 13.3. The number of likely N-dealkylation sites (tertiary alicyclic amines) is 1. The number of aryl methyl sites for hydroxylation is 2. The van der Waals surface area contributed by atoms with Crippen LogP contribution in [0.25, 0.3) is 0 Å². The molecule has 1 aliphatic rings. The van der Waals surface area contributed by atoms with E-state index in [-0.39, 0.29) is 66.0 Å². The molecule has 2 aromatic carbocycles. The van der Waals surface area contributed by atoms with E-state index in [1.807, 2.05) is 24.3 Å². The summed E-state index contributed by atoms with van der Waals surface area (Å²) in [6, 6.07) is 15.8. The summed E-state index contributed by atoms with van der Waals surface area (Å²) >= 11 is 6.08. The van der Waals surface area contributed by atoms with E-state index in [4.69, 9.17) is 42.0 Å². The number of carbonyl (C=O) groups excluding carboxylic acids is 3. The Labute approximate surface area is 360 Å². The molecule has 2 heterocycles. The summed E-state index contributed by atoms with van der Waals surface area (Å²) in [6.45, 7) is 6.05. The molecule has 0 radical (unpaired) electrons. The van der Waals surface area contributed by atoms with Crippen LogP contribution in [-0.2, 0) is 31.9 Å². The minimum absolute atomic E-state index is 0. The zero-order valence-electron chi connectivity index (χ0n) is 34.9. The topological polar surface area (TPSA) is 184 Å². The van der Waals surface area contributed by atoms with Crippen LogP contribution in [0.2, 0.25) is 5.15 Å². The van der Waals surface area contributed by atoms with E-state index in [1.165, 1.54) is 11.1 Å². The molecule has 1 saturated heterocycles. The third kappa shape index (κ3) is 16.3. The Morgan fingerprint density at radius 3 is 1.75 bits per heavy atom. The second kappa shape index (κ2) is 25.3. The lowest BCUT2D eigenvalue weighted by Crippen LogP contribution is -3.00. The fourth-order valence-corrected chi connectivity index (χ4v) is 7.34. The molecule has 1 aromatic heterocycles. The van der Waals surface area contributed by atoms with E-state index >= 15 is 0 Å². The van der Waals surface area contributed by atoms with Gasteiger partial charge < -0.3 is 62.4 Å². The third-order valence-electron chi connectivity index (χ3n) is 10.6. The number of nitrogens with one attached hydrogen (secondary N) is 1. The van der Waals surface area contributed by atoms with Crippen molar-refractivity contribution in [1.29, 1.82) is 0 Å². The van der Waals surface area contributed by atoms with E-state index in [1.54, 1.807) is 38.1 Å². The molecule has 0 aliphatic carbocycles. The van der Waals surface area contributed by atoms with Crippen LogP contribution in [0.5, 0.6) is 11.5 Å². The quantitative estimate of drug-likeness (QED) is 0.0864. The molecule has 1 fully saturated rings. The molecule has 0 unspecified atom stereocenters. The zero-order chi connectivity index (χ0) is 41.9. The number of methoxy groups -OCH3 is 2. The molecule has 0 spiro atoms. The van der Waals surface area contributed by atoms with Gasteiger partial charge in [0.25, 0.3) is 17.7 Å². The van der Waals surface area contributed by atoms with E-state index in [2.05, 4.69) is 39.6 Å². The van der Waals surface area contributed by atoms with Crippen molar-refractivity contribution in [3.63, 3.8) is 0 Å². The molecule has 17 heteroatoms.